The van der Waals surface area contributed by atoms with Crippen molar-refractivity contribution >= 4 is 11.6 Å². The number of rotatable bonds is 1. The highest BCUT2D eigenvalue weighted by Gasteiger charge is 2.37. The van der Waals surface area contributed by atoms with Gasteiger partial charge in [0.15, 0.2) is 0 Å². The molecule has 0 saturated heterocycles. The highest BCUT2D eigenvalue weighted by atomic mass is 35.5. The molecule has 15 heavy (non-hydrogen) atoms. The monoisotopic (exact) mass is 248 g/mol. The van der Waals surface area contributed by atoms with E-state index in [9.17, 15) is 26.3 Å². The summed E-state index contributed by atoms with van der Waals surface area (Å²) in [5.74, 6) is -1.31. The molecule has 0 nitrogen and oxygen atoms in total. The predicted octanol–water partition coefficient (Wildman–Crippen LogP) is 4.44. The number of halogens is 7. The van der Waals surface area contributed by atoms with E-state index in [1.165, 1.54) is 0 Å². The summed E-state index contributed by atoms with van der Waals surface area (Å²) >= 11 is 5.12. The van der Waals surface area contributed by atoms with Crippen LogP contribution < -0.4 is 0 Å². The maximum atomic E-state index is 12.6. The van der Waals surface area contributed by atoms with Gasteiger partial charge in [0, 0.05) is 5.56 Å². The Balaban J connectivity index is 3.47. The molecule has 0 bridgehead atoms. The molecule has 0 radical (unpaired) electrons. The molecule has 0 aliphatic carbocycles. The van der Waals surface area contributed by atoms with Gasteiger partial charge in [-0.15, -0.1) is 0 Å². The maximum absolute atomic E-state index is 12.6. The lowest BCUT2D eigenvalue weighted by Crippen LogP contribution is -2.10. The van der Waals surface area contributed by atoms with Crippen LogP contribution in [0.25, 0.3) is 0 Å². The summed E-state index contributed by atoms with van der Waals surface area (Å²) in [6, 6.07) is 0.408. The van der Waals surface area contributed by atoms with Gasteiger partial charge in [0.1, 0.15) is 5.82 Å². The number of benzene rings is 1. The van der Waals surface area contributed by atoms with Gasteiger partial charge in [-0.1, -0.05) is 11.6 Å². The van der Waals surface area contributed by atoms with Crippen LogP contribution >= 0.6 is 11.6 Å². The molecule has 0 saturated carbocycles. The molecule has 0 atom stereocenters. The number of hydrogen-bond donors (Lipinski definition) is 0. The quantitative estimate of drug-likeness (QED) is 0.645. The molecule has 0 N–H and O–H groups in total. The Labute approximate surface area is 85.5 Å². The lowest BCUT2D eigenvalue weighted by Gasteiger charge is -2.13. The molecule has 0 amide bonds. The van der Waals surface area contributed by atoms with Crippen molar-refractivity contribution in [3.8, 4) is 0 Å². The van der Waals surface area contributed by atoms with Gasteiger partial charge < -0.3 is 0 Å². The largest absolute Gasteiger partial charge is 0.417 e. The van der Waals surface area contributed by atoms with E-state index in [0.29, 0.717) is 6.07 Å². The summed E-state index contributed by atoms with van der Waals surface area (Å²) < 4.78 is 73.7. The lowest BCUT2D eigenvalue weighted by atomic mass is 10.1. The maximum Gasteiger partial charge on any atom is 0.417 e. The summed E-state index contributed by atoms with van der Waals surface area (Å²) in [5, 5.41) is -0.933. The Bertz CT molecular complexity index is 370. The van der Waals surface area contributed by atoms with Gasteiger partial charge in [-0.05, 0) is 12.1 Å². The molecule has 84 valence electrons. The second kappa shape index (κ2) is 3.92. The first-order valence-electron chi connectivity index (χ1n) is 3.57. The second-order valence-corrected chi connectivity index (χ2v) is 3.05. The first-order valence-corrected chi connectivity index (χ1v) is 3.95. The van der Waals surface area contributed by atoms with Crippen molar-refractivity contribution in [3.63, 3.8) is 0 Å². The van der Waals surface area contributed by atoms with Crippen molar-refractivity contribution in [1.29, 1.82) is 0 Å². The first-order chi connectivity index (χ1) is 6.73. The fraction of sp³-hybridized carbons (Fsp3) is 0.250. The van der Waals surface area contributed by atoms with Crippen LogP contribution in [0.4, 0.5) is 26.3 Å². The molecular formula is C8H3ClF6. The van der Waals surface area contributed by atoms with Crippen LogP contribution in [0.3, 0.4) is 0 Å². The first kappa shape index (κ1) is 12.2. The van der Waals surface area contributed by atoms with Crippen molar-refractivity contribution < 1.29 is 26.3 Å². The summed E-state index contributed by atoms with van der Waals surface area (Å²) in [6.07, 6.45) is -8.47. The minimum atomic E-state index is -5.06. The summed E-state index contributed by atoms with van der Waals surface area (Å²) in [4.78, 5) is 0. The average Bonchev–Trinajstić information content (AvgIpc) is 1.99. The third kappa shape index (κ3) is 2.56. The zero-order valence-corrected chi connectivity index (χ0v) is 7.63. The van der Waals surface area contributed by atoms with Gasteiger partial charge in [0.2, 0.25) is 0 Å². The molecule has 0 aliphatic rings. The van der Waals surface area contributed by atoms with Gasteiger partial charge in [0.05, 0.1) is 10.6 Å². The molecule has 1 aromatic carbocycles. The summed E-state index contributed by atoms with van der Waals surface area (Å²) in [5.41, 5.74) is -3.15. The third-order valence-electron chi connectivity index (χ3n) is 1.62. The van der Waals surface area contributed by atoms with Crippen molar-refractivity contribution in [3.05, 3.63) is 34.1 Å². The van der Waals surface area contributed by atoms with E-state index in [4.69, 9.17) is 11.6 Å². The normalized spacial score (nSPS) is 12.3. The van der Waals surface area contributed by atoms with Crippen LogP contribution in [0, 0.1) is 5.82 Å². The standard InChI is InChI=1S/C8H3ClF6/c9-5-2-3(10)1-4(8(13,14)15)6(5)7(11)12/h1-2,7H. The van der Waals surface area contributed by atoms with E-state index < -0.39 is 34.6 Å². The topological polar surface area (TPSA) is 0 Å². The molecule has 1 aromatic rings. The lowest BCUT2D eigenvalue weighted by molar-refractivity contribution is -0.139. The second-order valence-electron chi connectivity index (χ2n) is 2.65. The smallest absolute Gasteiger partial charge is 0.207 e. The Morgan fingerprint density at radius 1 is 1.13 bits per heavy atom. The Morgan fingerprint density at radius 3 is 2.07 bits per heavy atom. The zero-order chi connectivity index (χ0) is 11.8. The molecule has 0 spiro atoms. The molecule has 0 heterocycles. The van der Waals surface area contributed by atoms with Gasteiger partial charge >= 0.3 is 6.18 Å². The zero-order valence-electron chi connectivity index (χ0n) is 6.88. The van der Waals surface area contributed by atoms with Gasteiger partial charge in [0.25, 0.3) is 6.43 Å². The van der Waals surface area contributed by atoms with Gasteiger partial charge in [-0.25, -0.2) is 13.2 Å². The van der Waals surface area contributed by atoms with E-state index in [1.807, 2.05) is 0 Å². The van der Waals surface area contributed by atoms with Crippen LogP contribution in [0.1, 0.15) is 17.6 Å². The van der Waals surface area contributed by atoms with E-state index >= 15 is 0 Å². The Hall–Kier alpha value is -0.910. The predicted molar refractivity (Wildman–Crippen MR) is 41.4 cm³/mol. The molecule has 0 aromatic heterocycles. The Kier molecular flexibility index (Phi) is 3.18. The van der Waals surface area contributed by atoms with Gasteiger partial charge in [-0.2, -0.15) is 13.2 Å². The van der Waals surface area contributed by atoms with Crippen molar-refractivity contribution in [1.82, 2.24) is 0 Å². The minimum Gasteiger partial charge on any atom is -0.207 e. The van der Waals surface area contributed by atoms with E-state index in [1.54, 1.807) is 0 Å². The molecular weight excluding hydrogens is 246 g/mol. The van der Waals surface area contributed by atoms with Crippen LogP contribution in [0.2, 0.25) is 5.02 Å². The summed E-state index contributed by atoms with van der Waals surface area (Å²) in [7, 11) is 0. The van der Waals surface area contributed by atoms with Crippen molar-refractivity contribution in [2.24, 2.45) is 0 Å². The molecule has 0 aliphatic heterocycles. The Morgan fingerprint density at radius 2 is 1.67 bits per heavy atom. The fourth-order valence-electron chi connectivity index (χ4n) is 1.04. The van der Waals surface area contributed by atoms with Crippen LogP contribution in [0.15, 0.2) is 12.1 Å². The molecule has 0 fully saturated rings. The van der Waals surface area contributed by atoms with Crippen molar-refractivity contribution in [2.45, 2.75) is 12.6 Å². The highest BCUT2D eigenvalue weighted by molar-refractivity contribution is 6.31. The highest BCUT2D eigenvalue weighted by Crippen LogP contribution is 2.40. The minimum absolute atomic E-state index is 0.00657. The molecule has 0 unspecified atom stereocenters. The number of hydrogen-bond acceptors (Lipinski definition) is 0. The third-order valence-corrected chi connectivity index (χ3v) is 1.93. The van der Waals surface area contributed by atoms with Crippen molar-refractivity contribution in [2.75, 3.05) is 0 Å². The SMILES string of the molecule is Fc1cc(Cl)c(C(F)F)c(C(F)(F)F)c1. The molecule has 1 rings (SSSR count). The number of alkyl halides is 5. The van der Waals surface area contributed by atoms with E-state index in [2.05, 4.69) is 0 Å². The fourth-order valence-corrected chi connectivity index (χ4v) is 1.33. The molecule has 7 heteroatoms. The van der Waals surface area contributed by atoms with Crippen LogP contribution in [-0.4, -0.2) is 0 Å². The average molecular weight is 249 g/mol. The van der Waals surface area contributed by atoms with E-state index in [-0.39, 0.29) is 6.07 Å². The van der Waals surface area contributed by atoms with E-state index in [0.717, 1.165) is 0 Å². The van der Waals surface area contributed by atoms with Gasteiger partial charge in [-0.3, -0.25) is 0 Å². The van der Waals surface area contributed by atoms with Crippen LogP contribution in [-0.2, 0) is 6.18 Å². The summed E-state index contributed by atoms with van der Waals surface area (Å²) in [6.45, 7) is 0. The van der Waals surface area contributed by atoms with Crippen LogP contribution in [0.5, 0.6) is 0 Å².